The maximum absolute atomic E-state index is 12.8. The molecule has 0 spiro atoms. The van der Waals surface area contributed by atoms with Crippen LogP contribution in [-0.4, -0.2) is 47.7 Å². The summed E-state index contributed by atoms with van der Waals surface area (Å²) in [4.78, 5) is 29.6. The maximum Gasteiger partial charge on any atom is 0.248 e. The Bertz CT molecular complexity index is 1110. The molecule has 1 heterocycles. The van der Waals surface area contributed by atoms with Crippen molar-refractivity contribution in [1.82, 2.24) is 14.9 Å². The lowest BCUT2D eigenvalue weighted by molar-refractivity contribution is -0.123. The largest absolute Gasteiger partial charge is 0.497 e. The van der Waals surface area contributed by atoms with Crippen molar-refractivity contribution in [3.63, 3.8) is 0 Å². The average Bonchev–Trinajstić information content (AvgIpc) is 3.17. The zero-order valence-electron chi connectivity index (χ0n) is 19.2. The number of para-hydroxylation sites is 2. The van der Waals surface area contributed by atoms with E-state index in [-0.39, 0.29) is 11.8 Å². The molecular formula is C25H30N4O4. The van der Waals surface area contributed by atoms with E-state index in [2.05, 4.69) is 15.6 Å². The number of amides is 2. The average molecular weight is 451 g/mol. The first-order valence-electron chi connectivity index (χ1n) is 11.0. The van der Waals surface area contributed by atoms with Crippen molar-refractivity contribution in [3.05, 3.63) is 60.2 Å². The highest BCUT2D eigenvalue weighted by atomic mass is 16.5. The number of imidazole rings is 1. The first-order valence-corrected chi connectivity index (χ1v) is 11.0. The highest BCUT2D eigenvalue weighted by Crippen LogP contribution is 2.20. The molecule has 0 bridgehead atoms. The maximum atomic E-state index is 12.8. The van der Waals surface area contributed by atoms with Gasteiger partial charge in [-0.2, -0.15) is 0 Å². The number of methoxy groups -OCH3 is 1. The Morgan fingerprint density at radius 1 is 1.15 bits per heavy atom. The minimum absolute atomic E-state index is 0.345. The zero-order chi connectivity index (χ0) is 23.6. The fraction of sp³-hybridized carbons (Fsp3) is 0.320. The van der Waals surface area contributed by atoms with Crippen molar-refractivity contribution in [1.29, 1.82) is 0 Å². The first-order chi connectivity index (χ1) is 16.0. The van der Waals surface area contributed by atoms with Crippen LogP contribution in [-0.2, 0) is 20.9 Å². The smallest absolute Gasteiger partial charge is 0.248 e. The summed E-state index contributed by atoms with van der Waals surface area (Å²) >= 11 is 0. The standard InChI is InChI=1S/C25H30N4O4/c1-4-33-17-7-16-29-22-9-6-5-8-21(22)27-25(29)28-24(31)18(2)26-23(30)15-12-19-10-13-20(32-3)14-11-19/h5-6,8-15,18H,4,7,16-17H2,1-3H3,(H,26,30)(H,27,28,31)/b15-12+. The summed E-state index contributed by atoms with van der Waals surface area (Å²) in [6.45, 7) is 5.54. The lowest BCUT2D eigenvalue weighted by Crippen LogP contribution is -2.41. The van der Waals surface area contributed by atoms with Gasteiger partial charge in [0.15, 0.2) is 0 Å². The van der Waals surface area contributed by atoms with E-state index in [1.165, 1.54) is 6.08 Å². The van der Waals surface area contributed by atoms with E-state index < -0.39 is 6.04 Å². The normalized spacial score (nSPS) is 12.1. The SMILES string of the molecule is CCOCCCn1c(NC(=O)C(C)NC(=O)/C=C/c2ccc(OC)cc2)nc2ccccc21. The van der Waals surface area contributed by atoms with E-state index in [9.17, 15) is 9.59 Å². The number of carbonyl (C=O) groups is 2. The second-order valence-corrected chi connectivity index (χ2v) is 7.45. The van der Waals surface area contributed by atoms with E-state index in [1.807, 2.05) is 60.0 Å². The molecule has 0 aliphatic heterocycles. The third kappa shape index (κ3) is 6.66. The highest BCUT2D eigenvalue weighted by Gasteiger charge is 2.18. The number of fused-ring (bicyclic) bond motifs is 1. The molecule has 2 amide bonds. The van der Waals surface area contributed by atoms with Crippen molar-refractivity contribution in [2.75, 3.05) is 25.6 Å². The Labute approximate surface area is 193 Å². The predicted octanol–water partition coefficient (Wildman–Crippen LogP) is 3.63. The van der Waals surface area contributed by atoms with Crippen molar-refractivity contribution in [2.45, 2.75) is 32.9 Å². The third-order valence-corrected chi connectivity index (χ3v) is 5.06. The van der Waals surface area contributed by atoms with Gasteiger partial charge in [0.25, 0.3) is 0 Å². The van der Waals surface area contributed by atoms with Crippen LogP contribution in [0.15, 0.2) is 54.6 Å². The molecule has 2 aromatic carbocycles. The minimum atomic E-state index is -0.741. The molecule has 2 N–H and O–H groups in total. The number of anilines is 1. The second-order valence-electron chi connectivity index (χ2n) is 7.45. The van der Waals surface area contributed by atoms with E-state index in [4.69, 9.17) is 9.47 Å². The number of carbonyl (C=O) groups excluding carboxylic acids is 2. The summed E-state index contributed by atoms with van der Waals surface area (Å²) in [5.41, 5.74) is 2.58. The summed E-state index contributed by atoms with van der Waals surface area (Å²) in [5.74, 6) is 0.486. The van der Waals surface area contributed by atoms with E-state index in [0.29, 0.717) is 25.7 Å². The van der Waals surface area contributed by atoms with Crippen LogP contribution in [0.2, 0.25) is 0 Å². The Hall–Kier alpha value is -3.65. The number of benzene rings is 2. The van der Waals surface area contributed by atoms with Gasteiger partial charge in [-0.25, -0.2) is 4.98 Å². The van der Waals surface area contributed by atoms with Crippen LogP contribution in [0.4, 0.5) is 5.95 Å². The van der Waals surface area contributed by atoms with Crippen LogP contribution in [0.1, 0.15) is 25.8 Å². The van der Waals surface area contributed by atoms with Crippen molar-refractivity contribution >= 4 is 34.9 Å². The van der Waals surface area contributed by atoms with Crippen LogP contribution in [0, 0.1) is 0 Å². The van der Waals surface area contributed by atoms with Gasteiger partial charge in [-0.05, 0) is 56.2 Å². The summed E-state index contributed by atoms with van der Waals surface area (Å²) in [6.07, 6.45) is 3.87. The van der Waals surface area contributed by atoms with Gasteiger partial charge < -0.3 is 19.4 Å². The predicted molar refractivity (Wildman–Crippen MR) is 129 cm³/mol. The third-order valence-electron chi connectivity index (χ3n) is 5.06. The molecular weight excluding hydrogens is 420 g/mol. The number of nitrogens with zero attached hydrogens (tertiary/aromatic N) is 2. The molecule has 0 fully saturated rings. The number of aromatic nitrogens is 2. The van der Waals surface area contributed by atoms with Gasteiger partial charge in [0, 0.05) is 25.8 Å². The topological polar surface area (TPSA) is 94.5 Å². The number of hydrogen-bond acceptors (Lipinski definition) is 5. The Balaban J connectivity index is 1.62. The molecule has 0 radical (unpaired) electrons. The van der Waals surface area contributed by atoms with Crippen LogP contribution >= 0.6 is 0 Å². The number of rotatable bonds is 11. The molecule has 174 valence electrons. The first kappa shape index (κ1) is 24.0. The molecule has 0 aliphatic rings. The molecule has 0 saturated carbocycles. The summed E-state index contributed by atoms with van der Waals surface area (Å²) in [5, 5.41) is 5.54. The van der Waals surface area contributed by atoms with Gasteiger partial charge in [-0.3, -0.25) is 14.9 Å². The molecule has 1 atom stereocenters. The molecule has 1 aromatic heterocycles. The molecule has 1 unspecified atom stereocenters. The molecule has 0 aliphatic carbocycles. The number of nitrogens with one attached hydrogen (secondary N) is 2. The highest BCUT2D eigenvalue weighted by molar-refractivity contribution is 5.99. The van der Waals surface area contributed by atoms with Crippen LogP contribution < -0.4 is 15.4 Å². The van der Waals surface area contributed by atoms with Crippen molar-refractivity contribution < 1.29 is 19.1 Å². The Kier molecular flexibility index (Phi) is 8.60. The van der Waals surface area contributed by atoms with Gasteiger partial charge in [-0.15, -0.1) is 0 Å². The van der Waals surface area contributed by atoms with E-state index >= 15 is 0 Å². The molecule has 3 rings (SSSR count). The van der Waals surface area contributed by atoms with Gasteiger partial charge in [-0.1, -0.05) is 24.3 Å². The van der Waals surface area contributed by atoms with Gasteiger partial charge in [0.2, 0.25) is 17.8 Å². The molecule has 8 heteroatoms. The van der Waals surface area contributed by atoms with Crippen LogP contribution in [0.5, 0.6) is 5.75 Å². The summed E-state index contributed by atoms with van der Waals surface area (Å²) < 4.78 is 12.5. The summed E-state index contributed by atoms with van der Waals surface area (Å²) in [7, 11) is 1.60. The van der Waals surface area contributed by atoms with Crippen molar-refractivity contribution in [3.8, 4) is 5.75 Å². The Morgan fingerprint density at radius 3 is 2.64 bits per heavy atom. The fourth-order valence-corrected chi connectivity index (χ4v) is 3.30. The molecule has 33 heavy (non-hydrogen) atoms. The lowest BCUT2D eigenvalue weighted by Gasteiger charge is -2.14. The number of ether oxygens (including phenoxy) is 2. The molecule has 0 saturated heterocycles. The van der Waals surface area contributed by atoms with Gasteiger partial charge >= 0.3 is 0 Å². The number of aryl methyl sites for hydroxylation is 1. The summed E-state index contributed by atoms with van der Waals surface area (Å²) in [6, 6.07) is 14.3. The zero-order valence-corrected chi connectivity index (χ0v) is 19.2. The van der Waals surface area contributed by atoms with Crippen LogP contribution in [0.3, 0.4) is 0 Å². The quantitative estimate of drug-likeness (QED) is 0.344. The lowest BCUT2D eigenvalue weighted by atomic mass is 10.2. The van der Waals surface area contributed by atoms with E-state index in [1.54, 1.807) is 20.1 Å². The second kappa shape index (κ2) is 11.8. The van der Waals surface area contributed by atoms with Crippen molar-refractivity contribution in [2.24, 2.45) is 0 Å². The van der Waals surface area contributed by atoms with Crippen LogP contribution in [0.25, 0.3) is 17.1 Å². The number of hydrogen-bond donors (Lipinski definition) is 2. The minimum Gasteiger partial charge on any atom is -0.497 e. The van der Waals surface area contributed by atoms with E-state index in [0.717, 1.165) is 28.8 Å². The molecule has 3 aromatic rings. The molecule has 8 nitrogen and oxygen atoms in total. The monoisotopic (exact) mass is 450 g/mol. The Morgan fingerprint density at radius 2 is 1.91 bits per heavy atom. The van der Waals surface area contributed by atoms with Gasteiger partial charge in [0.05, 0.1) is 18.1 Å². The van der Waals surface area contributed by atoms with Gasteiger partial charge in [0.1, 0.15) is 11.8 Å². The fourth-order valence-electron chi connectivity index (χ4n) is 3.30.